The van der Waals surface area contributed by atoms with E-state index in [2.05, 4.69) is 77.3 Å². The number of halogens is 1. The van der Waals surface area contributed by atoms with Crippen molar-refractivity contribution in [2.45, 2.75) is 77.0 Å². The highest BCUT2D eigenvalue weighted by atomic mass is 35.5. The minimum Gasteiger partial charge on any atom is -0.487 e. The average Bonchev–Trinajstić information content (AvgIpc) is 3.22. The number of rotatable bonds is 9. The Morgan fingerprint density at radius 3 is 2.24 bits per heavy atom. The Labute approximate surface area is 350 Å². The van der Waals surface area contributed by atoms with Crippen LogP contribution in [0.2, 0.25) is 5.02 Å². The predicted octanol–water partition coefficient (Wildman–Crippen LogP) is 6.30. The number of amides is 3. The number of ether oxygens (including phenoxy) is 1. The molecule has 3 aromatic carbocycles. The van der Waals surface area contributed by atoms with Crippen molar-refractivity contribution in [2.24, 2.45) is 11.3 Å². The molecule has 4 aliphatic rings. The Hall–Kier alpha value is -5.38. The summed E-state index contributed by atoms with van der Waals surface area (Å²) < 4.78 is 7.88. The molecular weight excluding hydrogens is 766 g/mol. The van der Waals surface area contributed by atoms with Gasteiger partial charge in [0.25, 0.3) is 11.5 Å². The highest BCUT2D eigenvalue weighted by molar-refractivity contribution is 6.31. The number of anilines is 2. The second kappa shape index (κ2) is 15.7. The van der Waals surface area contributed by atoms with Crippen LogP contribution in [-0.2, 0) is 9.59 Å². The van der Waals surface area contributed by atoms with Crippen LogP contribution in [0.5, 0.6) is 5.75 Å². The number of hydrogen-bond donors (Lipinski definition) is 2. The molecule has 1 aliphatic carbocycles. The number of piperidine rings is 2. The molecule has 3 aliphatic heterocycles. The summed E-state index contributed by atoms with van der Waals surface area (Å²) >= 11 is 6.26. The van der Waals surface area contributed by atoms with Gasteiger partial charge in [0.1, 0.15) is 23.5 Å². The first-order chi connectivity index (χ1) is 28.2. The number of benzene rings is 3. The lowest BCUT2D eigenvalue weighted by molar-refractivity contribution is -0.180. The van der Waals surface area contributed by atoms with E-state index in [0.717, 1.165) is 75.4 Å². The van der Waals surface area contributed by atoms with Crippen LogP contribution in [0, 0.1) is 22.7 Å². The minimum absolute atomic E-state index is 0.105. The largest absolute Gasteiger partial charge is 0.487 e. The number of hydrogen-bond acceptors (Lipinski definition) is 9. The molecule has 4 aromatic rings. The van der Waals surface area contributed by atoms with E-state index >= 15 is 0 Å². The fourth-order valence-corrected chi connectivity index (χ4v) is 9.79. The van der Waals surface area contributed by atoms with E-state index < -0.39 is 28.5 Å². The number of imide groups is 1. The van der Waals surface area contributed by atoms with E-state index in [1.165, 1.54) is 4.57 Å². The van der Waals surface area contributed by atoms with E-state index in [1.54, 1.807) is 24.4 Å². The van der Waals surface area contributed by atoms with Crippen LogP contribution in [0.1, 0.15) is 81.8 Å². The summed E-state index contributed by atoms with van der Waals surface area (Å²) in [5.74, 6) is 0.400. The zero-order valence-corrected chi connectivity index (χ0v) is 35.0. The molecule has 0 radical (unpaired) electrons. The molecule has 4 heterocycles. The summed E-state index contributed by atoms with van der Waals surface area (Å²) in [6.07, 6.45) is 5.08. The molecule has 3 amide bonds. The third-order valence-corrected chi connectivity index (χ3v) is 14.3. The molecule has 0 spiro atoms. The first kappa shape index (κ1) is 40.4. The number of fused-ring (bicyclic) bond motifs is 1. The summed E-state index contributed by atoms with van der Waals surface area (Å²) in [6, 6.07) is 22.3. The van der Waals surface area contributed by atoms with Crippen LogP contribution >= 0.6 is 11.6 Å². The summed E-state index contributed by atoms with van der Waals surface area (Å²) in [7, 11) is 0. The Morgan fingerprint density at radius 2 is 1.58 bits per heavy atom. The first-order valence-corrected chi connectivity index (χ1v) is 21.1. The number of aromatic nitrogens is 1. The van der Waals surface area contributed by atoms with E-state index in [4.69, 9.17) is 16.3 Å². The molecule has 8 rings (SSSR count). The SMILES string of the molecule is CC1(NC(=O)c2ccc(N3CCC(CN4CCN(c5ccc6c(=O)n(C7CCC(=O)NC7=O)ccc6c5)CC4)CC3)cc2)CC(C)(Oc2ccc(C#N)c(Cl)c2)C1(C)C. The number of carbonyl (C=O) groups is 3. The van der Waals surface area contributed by atoms with Gasteiger partial charge in [0, 0.05) is 98.7 Å². The number of carbonyl (C=O) groups excluding carboxylic acids is 3. The standard InChI is InChI=1S/C46H52ClN7O5/c1-44(2)45(3,29-46(44,4)59-36-11-7-33(27-48)38(47)26-36)50-41(56)31-5-8-34(9-6-31)52-18-15-30(16-19-52)28-51-21-23-53(24-22-51)35-10-12-37-32(25-35)17-20-54(43(37)58)39-13-14-40(55)49-42(39)57/h5-12,17,20,25-26,30,39H,13-16,18-19,21-24,28-29H2,1-4H3,(H,50,56)(H,49,55,57). The fourth-order valence-electron chi connectivity index (χ4n) is 9.58. The van der Waals surface area contributed by atoms with Gasteiger partial charge in [-0.05, 0) is 105 Å². The molecule has 308 valence electrons. The zero-order chi connectivity index (χ0) is 41.7. The van der Waals surface area contributed by atoms with Crippen LogP contribution < -0.4 is 30.7 Å². The third kappa shape index (κ3) is 7.67. The molecule has 1 aromatic heterocycles. The average molecular weight is 818 g/mol. The van der Waals surface area contributed by atoms with Gasteiger partial charge in [0.05, 0.1) is 16.1 Å². The van der Waals surface area contributed by atoms with Gasteiger partial charge in [-0.15, -0.1) is 0 Å². The number of nitriles is 1. The highest BCUT2D eigenvalue weighted by Gasteiger charge is 2.67. The summed E-state index contributed by atoms with van der Waals surface area (Å²) in [6.45, 7) is 15.2. The molecule has 2 N–H and O–H groups in total. The second-order valence-corrected chi connectivity index (χ2v) is 18.1. The van der Waals surface area contributed by atoms with Crippen molar-refractivity contribution in [3.8, 4) is 11.8 Å². The highest BCUT2D eigenvalue weighted by Crippen LogP contribution is 2.58. The van der Waals surface area contributed by atoms with Crippen molar-refractivity contribution in [3.63, 3.8) is 0 Å². The van der Waals surface area contributed by atoms with Crippen molar-refractivity contribution in [2.75, 3.05) is 55.6 Å². The molecule has 4 fully saturated rings. The Morgan fingerprint density at radius 1 is 0.881 bits per heavy atom. The Bertz CT molecular complexity index is 2390. The molecule has 1 saturated carbocycles. The van der Waals surface area contributed by atoms with Crippen LogP contribution in [0.15, 0.2) is 77.7 Å². The molecule has 13 heteroatoms. The molecule has 3 saturated heterocycles. The quantitative estimate of drug-likeness (QED) is 0.187. The summed E-state index contributed by atoms with van der Waals surface area (Å²) in [5.41, 5.74) is 1.60. The maximum Gasteiger partial charge on any atom is 0.259 e. The molecule has 12 nitrogen and oxygen atoms in total. The number of pyridine rings is 1. The van der Waals surface area contributed by atoms with Crippen LogP contribution in [0.4, 0.5) is 11.4 Å². The molecule has 0 bridgehead atoms. The lowest BCUT2D eigenvalue weighted by Crippen LogP contribution is -2.77. The Balaban J connectivity index is 0.793. The normalized spacial score (nSPS) is 24.9. The van der Waals surface area contributed by atoms with Gasteiger partial charge >= 0.3 is 0 Å². The lowest BCUT2D eigenvalue weighted by atomic mass is 9.48. The maximum absolute atomic E-state index is 13.5. The molecule has 3 unspecified atom stereocenters. The van der Waals surface area contributed by atoms with E-state index in [0.29, 0.717) is 46.0 Å². The topological polar surface area (TPSA) is 140 Å². The van der Waals surface area contributed by atoms with Crippen molar-refractivity contribution in [1.29, 1.82) is 5.26 Å². The third-order valence-electron chi connectivity index (χ3n) is 14.0. The smallest absolute Gasteiger partial charge is 0.259 e. The zero-order valence-electron chi connectivity index (χ0n) is 34.2. The van der Waals surface area contributed by atoms with Crippen LogP contribution in [-0.4, -0.2) is 84.1 Å². The van der Waals surface area contributed by atoms with Crippen molar-refractivity contribution in [1.82, 2.24) is 20.1 Å². The minimum atomic E-state index is -0.670. The van der Waals surface area contributed by atoms with Crippen LogP contribution in [0.3, 0.4) is 0 Å². The number of nitrogens with one attached hydrogen (secondary N) is 2. The summed E-state index contributed by atoms with van der Waals surface area (Å²) in [4.78, 5) is 58.2. The number of nitrogens with zero attached hydrogens (tertiary/aromatic N) is 5. The van der Waals surface area contributed by atoms with Gasteiger partial charge in [-0.2, -0.15) is 5.26 Å². The van der Waals surface area contributed by atoms with Crippen LogP contribution in [0.25, 0.3) is 10.8 Å². The van der Waals surface area contributed by atoms with Gasteiger partial charge in [0.2, 0.25) is 11.8 Å². The molecule has 3 atom stereocenters. The van der Waals surface area contributed by atoms with Crippen molar-refractivity contribution >= 4 is 51.5 Å². The van der Waals surface area contributed by atoms with Gasteiger partial charge < -0.3 is 24.4 Å². The van der Waals surface area contributed by atoms with Gasteiger partial charge in [-0.3, -0.25) is 29.4 Å². The number of piperazine rings is 1. The van der Waals surface area contributed by atoms with E-state index in [-0.39, 0.29) is 23.8 Å². The van der Waals surface area contributed by atoms with E-state index in [9.17, 15) is 24.4 Å². The maximum atomic E-state index is 13.5. The molecule has 59 heavy (non-hydrogen) atoms. The second-order valence-electron chi connectivity index (χ2n) is 17.7. The van der Waals surface area contributed by atoms with Gasteiger partial charge in [-0.25, -0.2) is 0 Å². The molecular formula is C46H52ClN7O5. The Kier molecular flexibility index (Phi) is 10.7. The predicted molar refractivity (Wildman–Crippen MR) is 229 cm³/mol. The van der Waals surface area contributed by atoms with E-state index in [1.807, 2.05) is 30.3 Å². The van der Waals surface area contributed by atoms with Gasteiger partial charge in [-0.1, -0.05) is 25.4 Å². The van der Waals surface area contributed by atoms with Crippen molar-refractivity contribution < 1.29 is 19.1 Å². The lowest BCUT2D eigenvalue weighted by Gasteiger charge is -2.65. The summed E-state index contributed by atoms with van der Waals surface area (Å²) in [5, 5.41) is 16.6. The van der Waals surface area contributed by atoms with Crippen molar-refractivity contribution in [3.05, 3.63) is 99.4 Å². The monoisotopic (exact) mass is 817 g/mol. The fraction of sp³-hybridized carbons (Fsp3) is 0.457. The first-order valence-electron chi connectivity index (χ1n) is 20.7. The van der Waals surface area contributed by atoms with Gasteiger partial charge in [0.15, 0.2) is 0 Å².